The van der Waals surface area contributed by atoms with Crippen LogP contribution in [0.3, 0.4) is 0 Å². The van der Waals surface area contributed by atoms with Crippen LogP contribution in [0.4, 0.5) is 0 Å². The Balaban J connectivity index is 1.69. The molecule has 0 fully saturated rings. The molecule has 21 heavy (non-hydrogen) atoms. The summed E-state index contributed by atoms with van der Waals surface area (Å²) in [6.45, 7) is 6.10. The third kappa shape index (κ3) is 4.43. The molecule has 5 heteroatoms. The molecule has 0 saturated heterocycles. The average molecular weight is 286 g/mol. The Bertz CT molecular complexity index is 601. The third-order valence-corrected chi connectivity index (χ3v) is 3.33. The molecular weight excluding hydrogens is 264 g/mol. The van der Waals surface area contributed by atoms with Gasteiger partial charge in [-0.05, 0) is 26.0 Å². The lowest BCUT2D eigenvalue weighted by molar-refractivity contribution is 0.0954. The zero-order valence-electron chi connectivity index (χ0n) is 12.8. The van der Waals surface area contributed by atoms with Gasteiger partial charge in [-0.25, -0.2) is 0 Å². The van der Waals surface area contributed by atoms with Crippen molar-refractivity contribution in [3.05, 3.63) is 52.8 Å². The largest absolute Gasteiger partial charge is 0.351 e. The maximum Gasteiger partial charge on any atom is 0.251 e. The topological polar surface area (TPSA) is 59.0 Å². The Hall–Kier alpha value is -2.14. The van der Waals surface area contributed by atoms with Gasteiger partial charge in [-0.3, -0.25) is 9.48 Å². The van der Waals surface area contributed by atoms with Crippen LogP contribution in [0, 0.1) is 13.8 Å². The average Bonchev–Trinajstić information content (AvgIpc) is 2.77. The highest BCUT2D eigenvalue weighted by molar-refractivity contribution is 5.94. The predicted molar refractivity (Wildman–Crippen MR) is 83.2 cm³/mol. The summed E-state index contributed by atoms with van der Waals surface area (Å²) < 4.78 is 1.81. The predicted octanol–water partition coefficient (Wildman–Crippen LogP) is 1.56. The van der Waals surface area contributed by atoms with Crippen molar-refractivity contribution in [2.75, 3.05) is 13.1 Å². The van der Waals surface area contributed by atoms with E-state index in [-0.39, 0.29) is 5.91 Å². The first-order chi connectivity index (χ1) is 10.1. The van der Waals surface area contributed by atoms with Crippen LogP contribution >= 0.6 is 0 Å². The number of benzene rings is 1. The summed E-state index contributed by atoms with van der Waals surface area (Å²) in [6.07, 6.45) is 2.01. The van der Waals surface area contributed by atoms with Crippen molar-refractivity contribution in [2.45, 2.75) is 20.4 Å². The number of nitrogens with zero attached hydrogens (tertiary/aromatic N) is 2. The number of aromatic nitrogens is 2. The molecular formula is C16H22N4O. The minimum absolute atomic E-state index is 0.0330. The molecule has 2 rings (SSSR count). The number of amides is 1. The third-order valence-electron chi connectivity index (χ3n) is 3.33. The molecule has 1 aromatic heterocycles. The zero-order chi connectivity index (χ0) is 15.2. The molecule has 0 radical (unpaired) electrons. The first kappa shape index (κ1) is 15.3. The second kappa shape index (κ2) is 7.04. The van der Waals surface area contributed by atoms with Gasteiger partial charge in [0.25, 0.3) is 5.91 Å². The van der Waals surface area contributed by atoms with Crippen molar-refractivity contribution in [1.29, 1.82) is 0 Å². The standard InChI is InChI=1S/C16H22N4O/c1-12-4-6-14(7-5-12)16(21)18-9-8-17-10-15-11-20(3)19-13(15)2/h4-7,11,17H,8-10H2,1-3H3,(H,18,21). The van der Waals surface area contributed by atoms with E-state index in [1.54, 1.807) is 0 Å². The van der Waals surface area contributed by atoms with E-state index in [2.05, 4.69) is 15.7 Å². The van der Waals surface area contributed by atoms with Gasteiger partial charge in [-0.2, -0.15) is 5.10 Å². The highest BCUT2D eigenvalue weighted by Gasteiger charge is 2.04. The van der Waals surface area contributed by atoms with Crippen molar-refractivity contribution in [2.24, 2.45) is 7.05 Å². The van der Waals surface area contributed by atoms with Crippen LogP contribution in [-0.4, -0.2) is 28.8 Å². The van der Waals surface area contributed by atoms with E-state index in [1.165, 1.54) is 5.56 Å². The highest BCUT2D eigenvalue weighted by atomic mass is 16.1. The number of aryl methyl sites for hydroxylation is 3. The van der Waals surface area contributed by atoms with E-state index in [0.29, 0.717) is 12.1 Å². The zero-order valence-corrected chi connectivity index (χ0v) is 12.8. The molecule has 0 saturated carbocycles. The van der Waals surface area contributed by atoms with Crippen molar-refractivity contribution < 1.29 is 4.79 Å². The Labute approximate surface area is 125 Å². The highest BCUT2D eigenvalue weighted by Crippen LogP contribution is 2.04. The van der Waals surface area contributed by atoms with Crippen LogP contribution in [0.15, 0.2) is 30.5 Å². The van der Waals surface area contributed by atoms with Crippen molar-refractivity contribution in [3.8, 4) is 0 Å². The summed E-state index contributed by atoms with van der Waals surface area (Å²) in [6, 6.07) is 7.57. The SMILES string of the molecule is Cc1ccc(C(=O)NCCNCc2cn(C)nc2C)cc1. The van der Waals surface area contributed by atoms with Gasteiger partial charge >= 0.3 is 0 Å². The molecule has 2 N–H and O–H groups in total. The fourth-order valence-corrected chi connectivity index (χ4v) is 2.12. The minimum atomic E-state index is -0.0330. The molecule has 0 unspecified atom stereocenters. The maximum absolute atomic E-state index is 11.9. The first-order valence-corrected chi connectivity index (χ1v) is 7.11. The summed E-state index contributed by atoms with van der Waals surface area (Å²) >= 11 is 0. The lowest BCUT2D eigenvalue weighted by atomic mass is 10.1. The second-order valence-corrected chi connectivity index (χ2v) is 5.21. The quantitative estimate of drug-likeness (QED) is 0.792. The Morgan fingerprint density at radius 3 is 2.52 bits per heavy atom. The lowest BCUT2D eigenvalue weighted by Crippen LogP contribution is -2.31. The smallest absolute Gasteiger partial charge is 0.251 e. The fourth-order valence-electron chi connectivity index (χ4n) is 2.12. The van der Waals surface area contributed by atoms with E-state index < -0.39 is 0 Å². The maximum atomic E-state index is 11.9. The van der Waals surface area contributed by atoms with Gasteiger partial charge in [-0.15, -0.1) is 0 Å². The van der Waals surface area contributed by atoms with E-state index in [1.807, 2.05) is 56.0 Å². The van der Waals surface area contributed by atoms with Gasteiger partial charge in [0.15, 0.2) is 0 Å². The van der Waals surface area contributed by atoms with Crippen LogP contribution in [0.1, 0.15) is 27.2 Å². The van der Waals surface area contributed by atoms with Crippen molar-refractivity contribution >= 4 is 5.91 Å². The van der Waals surface area contributed by atoms with E-state index in [0.717, 1.165) is 24.3 Å². The second-order valence-electron chi connectivity index (χ2n) is 5.21. The van der Waals surface area contributed by atoms with Gasteiger partial charge in [0.2, 0.25) is 0 Å². The van der Waals surface area contributed by atoms with Gasteiger partial charge < -0.3 is 10.6 Å². The van der Waals surface area contributed by atoms with Crippen molar-refractivity contribution in [3.63, 3.8) is 0 Å². The Morgan fingerprint density at radius 1 is 1.19 bits per heavy atom. The van der Waals surface area contributed by atoms with E-state index in [4.69, 9.17) is 0 Å². The Kier molecular flexibility index (Phi) is 5.11. The first-order valence-electron chi connectivity index (χ1n) is 7.11. The van der Waals surface area contributed by atoms with Gasteiger partial charge in [0, 0.05) is 44.0 Å². The number of hydrogen-bond acceptors (Lipinski definition) is 3. The number of nitrogens with one attached hydrogen (secondary N) is 2. The molecule has 0 aliphatic heterocycles. The molecule has 0 spiro atoms. The summed E-state index contributed by atoms with van der Waals surface area (Å²) in [4.78, 5) is 11.9. The van der Waals surface area contributed by atoms with Crippen LogP contribution in [-0.2, 0) is 13.6 Å². The summed E-state index contributed by atoms with van der Waals surface area (Å²) in [7, 11) is 1.91. The van der Waals surface area contributed by atoms with Gasteiger partial charge in [0.05, 0.1) is 5.69 Å². The van der Waals surface area contributed by atoms with Crippen LogP contribution < -0.4 is 10.6 Å². The molecule has 0 aliphatic rings. The lowest BCUT2D eigenvalue weighted by Gasteiger charge is -2.07. The van der Waals surface area contributed by atoms with Gasteiger partial charge in [0.1, 0.15) is 0 Å². The molecule has 112 valence electrons. The van der Waals surface area contributed by atoms with Crippen LogP contribution in [0.2, 0.25) is 0 Å². The molecule has 0 atom stereocenters. The summed E-state index contributed by atoms with van der Waals surface area (Å²) in [5.74, 6) is -0.0330. The molecule has 0 bridgehead atoms. The normalized spacial score (nSPS) is 10.6. The molecule has 1 aromatic carbocycles. The van der Waals surface area contributed by atoms with Gasteiger partial charge in [-0.1, -0.05) is 17.7 Å². The van der Waals surface area contributed by atoms with E-state index >= 15 is 0 Å². The summed E-state index contributed by atoms with van der Waals surface area (Å²) in [5, 5.41) is 10.5. The number of rotatable bonds is 6. The number of carbonyl (C=O) groups excluding carboxylic acids is 1. The van der Waals surface area contributed by atoms with Crippen LogP contribution in [0.25, 0.3) is 0 Å². The van der Waals surface area contributed by atoms with Crippen LogP contribution in [0.5, 0.6) is 0 Å². The molecule has 5 nitrogen and oxygen atoms in total. The number of hydrogen-bond donors (Lipinski definition) is 2. The summed E-state index contributed by atoms with van der Waals surface area (Å²) in [5.41, 5.74) is 4.07. The minimum Gasteiger partial charge on any atom is -0.351 e. The number of carbonyl (C=O) groups is 1. The van der Waals surface area contributed by atoms with E-state index in [9.17, 15) is 4.79 Å². The molecule has 1 heterocycles. The Morgan fingerprint density at radius 2 is 1.90 bits per heavy atom. The fraction of sp³-hybridized carbons (Fsp3) is 0.375. The van der Waals surface area contributed by atoms with Crippen molar-refractivity contribution in [1.82, 2.24) is 20.4 Å². The molecule has 2 aromatic rings. The molecule has 0 aliphatic carbocycles. The molecule has 1 amide bonds. The monoisotopic (exact) mass is 286 g/mol.